The second kappa shape index (κ2) is 9.32. The molecule has 0 aliphatic rings. The van der Waals surface area contributed by atoms with E-state index in [1.54, 1.807) is 31.4 Å². The topological polar surface area (TPSA) is 76.7 Å². The Hall–Kier alpha value is -3.02. The summed E-state index contributed by atoms with van der Waals surface area (Å²) in [6.07, 6.45) is 0.257. The molecule has 0 heterocycles. The molecule has 0 aliphatic carbocycles. The molecule has 6 nitrogen and oxygen atoms in total. The van der Waals surface area contributed by atoms with Crippen LogP contribution in [0.15, 0.2) is 48.5 Å². The number of ether oxygens (including phenoxy) is 2. The summed E-state index contributed by atoms with van der Waals surface area (Å²) >= 11 is 0. The van der Waals surface area contributed by atoms with Crippen LogP contribution in [0.4, 0.5) is 5.69 Å². The van der Waals surface area contributed by atoms with Gasteiger partial charge in [-0.25, -0.2) is 0 Å². The zero-order valence-electron chi connectivity index (χ0n) is 14.4. The average Bonchev–Trinajstić information content (AvgIpc) is 2.61. The summed E-state index contributed by atoms with van der Waals surface area (Å²) in [5, 5.41) is 5.48. The van der Waals surface area contributed by atoms with E-state index in [0.717, 1.165) is 11.3 Å². The van der Waals surface area contributed by atoms with Gasteiger partial charge in [-0.05, 0) is 48.9 Å². The third-order valence-electron chi connectivity index (χ3n) is 3.38. The highest BCUT2D eigenvalue weighted by Gasteiger charge is 2.06. The summed E-state index contributed by atoms with van der Waals surface area (Å²) in [7, 11) is 1.59. The van der Waals surface area contributed by atoms with Gasteiger partial charge in [-0.2, -0.15) is 0 Å². The molecule has 2 amide bonds. The number of likely N-dealkylation sites (N-methyl/N-ethyl adjacent to an activating group) is 1. The van der Waals surface area contributed by atoms with Gasteiger partial charge in [0.05, 0.1) is 13.5 Å². The molecule has 2 N–H and O–H groups in total. The summed E-state index contributed by atoms with van der Waals surface area (Å²) in [6, 6.07) is 14.3. The fourth-order valence-corrected chi connectivity index (χ4v) is 2.20. The van der Waals surface area contributed by atoms with Crippen LogP contribution in [0.3, 0.4) is 0 Å². The minimum Gasteiger partial charge on any atom is -0.497 e. The summed E-state index contributed by atoms with van der Waals surface area (Å²) in [4.78, 5) is 23.5. The number of amides is 2. The Morgan fingerprint density at radius 1 is 1.00 bits per heavy atom. The molecule has 2 rings (SSSR count). The van der Waals surface area contributed by atoms with Gasteiger partial charge in [-0.15, -0.1) is 0 Å². The molecule has 0 saturated carbocycles. The van der Waals surface area contributed by atoms with Gasteiger partial charge < -0.3 is 20.1 Å². The molecule has 6 heteroatoms. The molecule has 0 unspecified atom stereocenters. The van der Waals surface area contributed by atoms with Crippen molar-refractivity contribution in [1.82, 2.24) is 5.32 Å². The highest BCUT2D eigenvalue weighted by atomic mass is 16.5. The fraction of sp³-hybridized carbons (Fsp3) is 0.263. The summed E-state index contributed by atoms with van der Waals surface area (Å²) in [6.45, 7) is 2.39. The van der Waals surface area contributed by atoms with Crippen molar-refractivity contribution in [2.45, 2.75) is 13.3 Å². The third kappa shape index (κ3) is 6.18. The van der Waals surface area contributed by atoms with Crippen molar-refractivity contribution in [3.63, 3.8) is 0 Å². The van der Waals surface area contributed by atoms with Crippen LogP contribution in [0.2, 0.25) is 0 Å². The van der Waals surface area contributed by atoms with E-state index in [1.807, 2.05) is 31.2 Å². The number of rotatable bonds is 8. The van der Waals surface area contributed by atoms with E-state index < -0.39 is 0 Å². The van der Waals surface area contributed by atoms with E-state index in [1.165, 1.54) is 0 Å². The van der Waals surface area contributed by atoms with Gasteiger partial charge in [0, 0.05) is 12.2 Å². The zero-order valence-corrected chi connectivity index (χ0v) is 14.4. The van der Waals surface area contributed by atoms with Gasteiger partial charge in [-0.3, -0.25) is 9.59 Å². The first-order valence-electron chi connectivity index (χ1n) is 8.03. The van der Waals surface area contributed by atoms with Crippen LogP contribution in [0.1, 0.15) is 12.5 Å². The van der Waals surface area contributed by atoms with Crippen LogP contribution in [0.25, 0.3) is 0 Å². The first-order valence-corrected chi connectivity index (χ1v) is 8.03. The predicted octanol–water partition coefficient (Wildman–Crippen LogP) is 2.39. The zero-order chi connectivity index (χ0) is 18.1. The summed E-state index contributed by atoms with van der Waals surface area (Å²) in [5.41, 5.74) is 1.54. The minimum absolute atomic E-state index is 0.0324. The van der Waals surface area contributed by atoms with Crippen molar-refractivity contribution < 1.29 is 19.1 Å². The number of anilines is 1. The quantitative estimate of drug-likeness (QED) is 0.772. The minimum atomic E-state index is -0.168. The molecule has 0 radical (unpaired) electrons. The lowest BCUT2D eigenvalue weighted by atomic mass is 10.1. The van der Waals surface area contributed by atoms with E-state index in [9.17, 15) is 9.59 Å². The van der Waals surface area contributed by atoms with E-state index in [0.29, 0.717) is 18.0 Å². The normalized spacial score (nSPS) is 10.0. The fourth-order valence-electron chi connectivity index (χ4n) is 2.20. The second-order valence-corrected chi connectivity index (χ2v) is 5.34. The van der Waals surface area contributed by atoms with Gasteiger partial charge in [-0.1, -0.05) is 12.1 Å². The van der Waals surface area contributed by atoms with Crippen LogP contribution in [0.5, 0.6) is 11.5 Å². The first kappa shape index (κ1) is 18.3. The molecule has 132 valence electrons. The smallest absolute Gasteiger partial charge is 0.257 e. The van der Waals surface area contributed by atoms with Gasteiger partial charge in [0.1, 0.15) is 11.5 Å². The molecule has 0 spiro atoms. The molecule has 0 fully saturated rings. The number of nitrogens with one attached hydrogen (secondary N) is 2. The Morgan fingerprint density at radius 3 is 2.44 bits per heavy atom. The molecule has 0 aromatic heterocycles. The lowest BCUT2D eigenvalue weighted by molar-refractivity contribution is -0.123. The number of benzene rings is 2. The summed E-state index contributed by atoms with van der Waals surface area (Å²) in [5.74, 6) is 0.998. The molecule has 2 aromatic rings. The van der Waals surface area contributed by atoms with Crippen LogP contribution in [-0.4, -0.2) is 32.1 Å². The number of hydrogen-bond acceptors (Lipinski definition) is 4. The Kier molecular flexibility index (Phi) is 6.83. The van der Waals surface area contributed by atoms with E-state index in [-0.39, 0.29) is 24.8 Å². The molecule has 0 atom stereocenters. The Labute approximate surface area is 147 Å². The van der Waals surface area contributed by atoms with E-state index >= 15 is 0 Å². The highest BCUT2D eigenvalue weighted by molar-refractivity contribution is 5.92. The van der Waals surface area contributed by atoms with Crippen molar-refractivity contribution in [3.8, 4) is 11.5 Å². The monoisotopic (exact) mass is 342 g/mol. The molecular formula is C19H22N2O4. The molecule has 0 aliphatic heterocycles. The van der Waals surface area contributed by atoms with Crippen molar-refractivity contribution in [2.75, 3.05) is 25.6 Å². The van der Waals surface area contributed by atoms with Gasteiger partial charge in [0.2, 0.25) is 5.91 Å². The number of hydrogen-bond donors (Lipinski definition) is 2. The van der Waals surface area contributed by atoms with Crippen molar-refractivity contribution in [1.29, 1.82) is 0 Å². The maximum absolute atomic E-state index is 12.1. The van der Waals surface area contributed by atoms with E-state index in [4.69, 9.17) is 9.47 Å². The Morgan fingerprint density at radius 2 is 1.76 bits per heavy atom. The second-order valence-electron chi connectivity index (χ2n) is 5.34. The third-order valence-corrected chi connectivity index (χ3v) is 3.38. The van der Waals surface area contributed by atoms with Gasteiger partial charge in [0.15, 0.2) is 6.61 Å². The average molecular weight is 342 g/mol. The standard InChI is InChI=1S/C19H22N2O4/c1-3-20-19(23)13-25-16-9-7-15(8-10-16)21-18(22)12-14-5-4-6-17(11-14)24-2/h4-11H,3,12-13H2,1-2H3,(H,20,23)(H,21,22). The maximum Gasteiger partial charge on any atom is 0.257 e. The van der Waals surface area contributed by atoms with Crippen molar-refractivity contribution in [2.24, 2.45) is 0 Å². The number of carbonyl (C=O) groups excluding carboxylic acids is 2. The number of methoxy groups -OCH3 is 1. The van der Waals surface area contributed by atoms with Crippen molar-refractivity contribution >= 4 is 17.5 Å². The van der Waals surface area contributed by atoms with Crippen LogP contribution < -0.4 is 20.1 Å². The van der Waals surface area contributed by atoms with Gasteiger partial charge in [0.25, 0.3) is 5.91 Å². The van der Waals surface area contributed by atoms with Gasteiger partial charge >= 0.3 is 0 Å². The largest absolute Gasteiger partial charge is 0.497 e. The maximum atomic E-state index is 12.1. The molecule has 0 saturated heterocycles. The molecule has 0 bridgehead atoms. The van der Waals surface area contributed by atoms with E-state index in [2.05, 4.69) is 10.6 Å². The SMILES string of the molecule is CCNC(=O)COc1ccc(NC(=O)Cc2cccc(OC)c2)cc1. The van der Waals surface area contributed by atoms with Crippen LogP contribution in [0, 0.1) is 0 Å². The first-order chi connectivity index (χ1) is 12.1. The number of carbonyl (C=O) groups is 2. The molecule has 2 aromatic carbocycles. The van der Waals surface area contributed by atoms with Crippen molar-refractivity contribution in [3.05, 3.63) is 54.1 Å². The Balaban J connectivity index is 1.85. The predicted molar refractivity (Wildman–Crippen MR) is 95.9 cm³/mol. The highest BCUT2D eigenvalue weighted by Crippen LogP contribution is 2.17. The lowest BCUT2D eigenvalue weighted by Crippen LogP contribution is -2.28. The van der Waals surface area contributed by atoms with Crippen LogP contribution >= 0.6 is 0 Å². The molecule has 25 heavy (non-hydrogen) atoms. The summed E-state index contributed by atoms with van der Waals surface area (Å²) < 4.78 is 10.5. The Bertz CT molecular complexity index is 714. The van der Waals surface area contributed by atoms with Crippen LogP contribution in [-0.2, 0) is 16.0 Å². The molecular weight excluding hydrogens is 320 g/mol. The lowest BCUT2D eigenvalue weighted by Gasteiger charge is -2.09.